The van der Waals surface area contributed by atoms with E-state index < -0.39 is 40.3 Å². The molecule has 0 radical (unpaired) electrons. The fourth-order valence-electron chi connectivity index (χ4n) is 2.29. The quantitative estimate of drug-likeness (QED) is 0.510. The van der Waals surface area contributed by atoms with Gasteiger partial charge in [0.2, 0.25) is 0 Å². The highest BCUT2D eigenvalue weighted by molar-refractivity contribution is 5.94. The maximum absolute atomic E-state index is 13.4. The molecule has 2 rings (SSSR count). The first-order chi connectivity index (χ1) is 9.34. The summed E-state index contributed by atoms with van der Waals surface area (Å²) < 4.78 is 52.1. The summed E-state index contributed by atoms with van der Waals surface area (Å²) in [5.74, 6) is -8.49. The number of halogens is 4. The first kappa shape index (κ1) is 14.8. The van der Waals surface area contributed by atoms with Crippen LogP contribution in [0.4, 0.5) is 17.6 Å². The summed E-state index contributed by atoms with van der Waals surface area (Å²) in [5, 5.41) is 12.2. The molecule has 0 atom stereocenters. The Balaban J connectivity index is 2.13. The van der Waals surface area contributed by atoms with E-state index in [0.29, 0.717) is 18.9 Å². The van der Waals surface area contributed by atoms with Crippen LogP contribution in [0.15, 0.2) is 6.07 Å². The molecule has 1 amide bonds. The fraction of sp³-hybridized carbons (Fsp3) is 0.462. The van der Waals surface area contributed by atoms with Gasteiger partial charge in [0.15, 0.2) is 23.3 Å². The van der Waals surface area contributed by atoms with E-state index in [9.17, 15) is 27.5 Å². The third kappa shape index (κ3) is 2.77. The topological polar surface area (TPSA) is 49.3 Å². The van der Waals surface area contributed by atoms with Gasteiger partial charge in [-0.15, -0.1) is 0 Å². The van der Waals surface area contributed by atoms with Gasteiger partial charge < -0.3 is 10.4 Å². The average molecular weight is 291 g/mol. The summed E-state index contributed by atoms with van der Waals surface area (Å²) in [5.41, 5.74) is -2.01. The molecule has 0 unspecified atom stereocenters. The lowest BCUT2D eigenvalue weighted by Gasteiger charge is -2.22. The predicted molar refractivity (Wildman–Crippen MR) is 62.0 cm³/mol. The Labute approximate surface area is 112 Å². The van der Waals surface area contributed by atoms with Crippen molar-refractivity contribution < 1.29 is 27.5 Å². The zero-order valence-electron chi connectivity index (χ0n) is 10.5. The van der Waals surface area contributed by atoms with Crippen LogP contribution in [0.2, 0.25) is 0 Å². The molecular formula is C13H13F4NO2. The summed E-state index contributed by atoms with van der Waals surface area (Å²) in [7, 11) is 0. The Kier molecular flexibility index (Phi) is 3.99. The predicted octanol–water partition coefficient (Wildman–Crippen LogP) is 2.28. The van der Waals surface area contributed by atoms with Gasteiger partial charge in [-0.05, 0) is 18.9 Å². The van der Waals surface area contributed by atoms with Crippen molar-refractivity contribution in [2.75, 3.05) is 6.54 Å². The van der Waals surface area contributed by atoms with Crippen molar-refractivity contribution in [3.05, 3.63) is 34.9 Å². The molecule has 0 spiro atoms. The van der Waals surface area contributed by atoms with Gasteiger partial charge in [0.25, 0.3) is 5.91 Å². The number of nitrogens with one attached hydrogen (secondary N) is 1. The highest BCUT2D eigenvalue weighted by atomic mass is 19.2. The number of rotatable bonds is 3. The molecule has 1 aromatic carbocycles. The van der Waals surface area contributed by atoms with Gasteiger partial charge in [-0.2, -0.15) is 0 Å². The van der Waals surface area contributed by atoms with Crippen LogP contribution in [0, 0.1) is 23.3 Å². The highest BCUT2D eigenvalue weighted by Crippen LogP contribution is 2.28. The van der Waals surface area contributed by atoms with Crippen LogP contribution in [-0.2, 0) is 0 Å². The zero-order chi connectivity index (χ0) is 14.9. The summed E-state index contributed by atoms with van der Waals surface area (Å²) >= 11 is 0. The van der Waals surface area contributed by atoms with Gasteiger partial charge in [0.05, 0.1) is 11.2 Å². The standard InChI is InChI=1S/C13H13F4NO2/c14-8-5-7(9(15)11(17)10(8)16)12(19)18-6-13(20)3-1-2-4-13/h5,20H,1-4,6H2,(H,18,19). The normalized spacial score (nSPS) is 17.2. The van der Waals surface area contributed by atoms with Crippen molar-refractivity contribution in [3.63, 3.8) is 0 Å². The Hall–Kier alpha value is -1.63. The molecule has 0 bridgehead atoms. The monoisotopic (exact) mass is 291 g/mol. The molecule has 1 aliphatic rings. The lowest BCUT2D eigenvalue weighted by Crippen LogP contribution is -2.41. The van der Waals surface area contributed by atoms with Crippen molar-refractivity contribution in [1.82, 2.24) is 5.32 Å². The molecule has 3 nitrogen and oxygen atoms in total. The molecular weight excluding hydrogens is 278 g/mol. The Bertz CT molecular complexity index is 542. The Morgan fingerprint density at radius 3 is 2.35 bits per heavy atom. The number of aliphatic hydroxyl groups is 1. The second-order valence-corrected chi connectivity index (χ2v) is 4.96. The van der Waals surface area contributed by atoms with Crippen molar-refractivity contribution in [2.45, 2.75) is 31.3 Å². The van der Waals surface area contributed by atoms with Gasteiger partial charge in [-0.25, -0.2) is 17.6 Å². The number of amides is 1. The van der Waals surface area contributed by atoms with Crippen LogP contribution in [0.5, 0.6) is 0 Å². The average Bonchev–Trinajstić information content (AvgIpc) is 2.85. The maximum Gasteiger partial charge on any atom is 0.254 e. The largest absolute Gasteiger partial charge is 0.388 e. The molecule has 2 N–H and O–H groups in total. The number of hydrogen-bond acceptors (Lipinski definition) is 2. The molecule has 1 aromatic rings. The third-order valence-corrected chi connectivity index (χ3v) is 3.46. The van der Waals surface area contributed by atoms with Gasteiger partial charge in [0.1, 0.15) is 0 Å². The number of benzene rings is 1. The van der Waals surface area contributed by atoms with Crippen molar-refractivity contribution in [1.29, 1.82) is 0 Å². The molecule has 1 aliphatic carbocycles. The first-order valence-electron chi connectivity index (χ1n) is 6.18. The van der Waals surface area contributed by atoms with E-state index in [-0.39, 0.29) is 6.54 Å². The molecule has 0 saturated heterocycles. The Morgan fingerprint density at radius 2 is 1.75 bits per heavy atom. The second kappa shape index (κ2) is 5.40. The SMILES string of the molecule is O=C(NCC1(O)CCCC1)c1cc(F)c(F)c(F)c1F. The molecule has 7 heteroatoms. The minimum absolute atomic E-state index is 0.147. The van der Waals surface area contributed by atoms with Gasteiger partial charge >= 0.3 is 0 Å². The number of hydrogen-bond donors (Lipinski definition) is 2. The van der Waals surface area contributed by atoms with E-state index >= 15 is 0 Å². The third-order valence-electron chi connectivity index (χ3n) is 3.46. The second-order valence-electron chi connectivity index (χ2n) is 4.96. The van der Waals surface area contributed by atoms with Gasteiger partial charge in [0, 0.05) is 6.54 Å². The smallest absolute Gasteiger partial charge is 0.254 e. The van der Waals surface area contributed by atoms with E-state index in [4.69, 9.17) is 0 Å². The van der Waals surface area contributed by atoms with Crippen LogP contribution in [0.25, 0.3) is 0 Å². The van der Waals surface area contributed by atoms with Crippen LogP contribution in [-0.4, -0.2) is 23.2 Å². The van der Waals surface area contributed by atoms with Crippen LogP contribution in [0.1, 0.15) is 36.0 Å². The lowest BCUT2D eigenvalue weighted by molar-refractivity contribution is 0.0448. The minimum Gasteiger partial charge on any atom is -0.388 e. The zero-order valence-corrected chi connectivity index (χ0v) is 10.5. The summed E-state index contributed by atoms with van der Waals surface area (Å²) in [4.78, 5) is 11.7. The van der Waals surface area contributed by atoms with Crippen molar-refractivity contribution in [3.8, 4) is 0 Å². The van der Waals surface area contributed by atoms with Crippen molar-refractivity contribution >= 4 is 5.91 Å². The van der Waals surface area contributed by atoms with E-state index in [2.05, 4.69) is 5.32 Å². The minimum atomic E-state index is -2.03. The van der Waals surface area contributed by atoms with Crippen LogP contribution >= 0.6 is 0 Å². The van der Waals surface area contributed by atoms with E-state index in [1.54, 1.807) is 0 Å². The summed E-state index contributed by atoms with van der Waals surface area (Å²) in [6, 6.07) is 0.293. The Morgan fingerprint density at radius 1 is 1.15 bits per heavy atom. The molecule has 0 aliphatic heterocycles. The number of carbonyl (C=O) groups is 1. The lowest BCUT2D eigenvalue weighted by atomic mass is 10.0. The summed E-state index contributed by atoms with van der Waals surface area (Å²) in [6.07, 6.45) is 2.59. The van der Waals surface area contributed by atoms with E-state index in [1.165, 1.54) is 0 Å². The van der Waals surface area contributed by atoms with E-state index in [1.807, 2.05) is 0 Å². The summed E-state index contributed by atoms with van der Waals surface area (Å²) in [6.45, 7) is -0.147. The molecule has 1 fully saturated rings. The first-order valence-corrected chi connectivity index (χ1v) is 6.18. The molecule has 110 valence electrons. The molecule has 20 heavy (non-hydrogen) atoms. The van der Waals surface area contributed by atoms with E-state index in [0.717, 1.165) is 12.8 Å². The van der Waals surface area contributed by atoms with Crippen LogP contribution in [0.3, 0.4) is 0 Å². The molecule has 0 aromatic heterocycles. The van der Waals surface area contributed by atoms with Crippen LogP contribution < -0.4 is 5.32 Å². The molecule has 0 heterocycles. The fourth-order valence-corrected chi connectivity index (χ4v) is 2.29. The highest BCUT2D eigenvalue weighted by Gasteiger charge is 2.32. The van der Waals surface area contributed by atoms with Gasteiger partial charge in [-0.3, -0.25) is 4.79 Å². The van der Waals surface area contributed by atoms with Gasteiger partial charge in [-0.1, -0.05) is 12.8 Å². The maximum atomic E-state index is 13.4. The number of carbonyl (C=O) groups excluding carboxylic acids is 1. The molecule has 1 saturated carbocycles. The van der Waals surface area contributed by atoms with Crippen molar-refractivity contribution in [2.24, 2.45) is 0 Å².